The van der Waals surface area contributed by atoms with Gasteiger partial charge in [-0.05, 0) is 62.7 Å². The van der Waals surface area contributed by atoms with Crippen molar-refractivity contribution in [1.29, 1.82) is 0 Å². The summed E-state index contributed by atoms with van der Waals surface area (Å²) in [5.41, 5.74) is -1.05. The molecule has 2 amide bonds. The molecule has 158 valence electrons. The maximum atomic E-state index is 13.4. The molecule has 2 aliphatic carbocycles. The van der Waals surface area contributed by atoms with E-state index in [1.165, 1.54) is 11.3 Å². The number of likely N-dealkylation sites (tertiary alicyclic amines) is 1. The van der Waals surface area contributed by atoms with Gasteiger partial charge in [-0.15, -0.1) is 0 Å². The van der Waals surface area contributed by atoms with Gasteiger partial charge in [0.2, 0.25) is 5.91 Å². The summed E-state index contributed by atoms with van der Waals surface area (Å²) in [6, 6.07) is -1.67. The zero-order valence-electron chi connectivity index (χ0n) is 17.9. The van der Waals surface area contributed by atoms with Crippen molar-refractivity contribution in [3.63, 3.8) is 0 Å². The van der Waals surface area contributed by atoms with E-state index >= 15 is 0 Å². The van der Waals surface area contributed by atoms with Crippen molar-refractivity contribution in [2.75, 3.05) is 6.54 Å². The van der Waals surface area contributed by atoms with Crippen LogP contribution in [-0.4, -0.2) is 52.2 Å². The van der Waals surface area contributed by atoms with Gasteiger partial charge in [0.05, 0.1) is 0 Å². The van der Waals surface area contributed by atoms with E-state index in [2.05, 4.69) is 5.32 Å². The Hall–Kier alpha value is -1.79. The number of alkyl carbamates (subject to hydrolysis) is 1. The van der Waals surface area contributed by atoms with Crippen LogP contribution in [0.3, 0.4) is 0 Å². The molecule has 0 aromatic rings. The molecule has 3 atom stereocenters. The summed E-state index contributed by atoms with van der Waals surface area (Å²) in [7, 11) is 0. The van der Waals surface area contributed by atoms with Crippen molar-refractivity contribution in [1.82, 2.24) is 10.2 Å². The van der Waals surface area contributed by atoms with E-state index in [4.69, 9.17) is 4.74 Å². The molecule has 0 aromatic heterocycles. The van der Waals surface area contributed by atoms with E-state index in [1.807, 2.05) is 20.8 Å². The molecule has 2 spiro atoms. The third kappa shape index (κ3) is 3.60. The lowest BCUT2D eigenvalue weighted by Crippen LogP contribution is -2.57. The summed E-state index contributed by atoms with van der Waals surface area (Å²) in [6.45, 7) is 11.3. The van der Waals surface area contributed by atoms with Gasteiger partial charge in [0, 0.05) is 6.54 Å². The second-order valence-corrected chi connectivity index (χ2v) is 11.1. The first-order chi connectivity index (χ1) is 12.7. The van der Waals surface area contributed by atoms with Crippen LogP contribution in [0.15, 0.2) is 0 Å². The van der Waals surface area contributed by atoms with Gasteiger partial charge in [-0.2, -0.15) is 0 Å². The fourth-order valence-corrected chi connectivity index (χ4v) is 5.10. The molecule has 1 unspecified atom stereocenters. The van der Waals surface area contributed by atoms with Crippen molar-refractivity contribution in [3.8, 4) is 0 Å². The molecule has 3 fully saturated rings. The highest BCUT2D eigenvalue weighted by Crippen LogP contribution is 2.77. The van der Waals surface area contributed by atoms with Crippen molar-refractivity contribution >= 4 is 18.0 Å². The van der Waals surface area contributed by atoms with Gasteiger partial charge in [-0.3, -0.25) is 4.79 Å². The lowest BCUT2D eigenvalue weighted by molar-refractivity contribution is -0.150. The number of fused-ring (bicyclic) bond motifs is 1. The Morgan fingerprint density at radius 2 is 1.71 bits per heavy atom. The quantitative estimate of drug-likeness (QED) is 0.766. The number of carboxylic acids is 1. The SMILES string of the molecule is CC(C)(C)OC(=O)N[C@H](C(=O)N1CC2(C[C@H]1C(=O)O)CC21CCC1)C(C)(C)C. The van der Waals surface area contributed by atoms with Gasteiger partial charge in [0.1, 0.15) is 17.7 Å². The molecule has 0 aromatic carbocycles. The Bertz CT molecular complexity index is 686. The van der Waals surface area contributed by atoms with Crippen LogP contribution in [0.1, 0.15) is 73.6 Å². The molecule has 2 N–H and O–H groups in total. The number of nitrogens with zero attached hydrogens (tertiary/aromatic N) is 1. The molecule has 0 bridgehead atoms. The molecule has 28 heavy (non-hydrogen) atoms. The Kier molecular flexibility index (Phi) is 4.75. The summed E-state index contributed by atoms with van der Waals surface area (Å²) in [6.07, 6.45) is 4.35. The summed E-state index contributed by atoms with van der Waals surface area (Å²) in [5.74, 6) is -1.29. The predicted octanol–water partition coefficient (Wildman–Crippen LogP) is 3.17. The van der Waals surface area contributed by atoms with E-state index in [0.717, 1.165) is 19.3 Å². The number of rotatable bonds is 3. The lowest BCUT2D eigenvalue weighted by atomic mass is 9.74. The zero-order chi connectivity index (χ0) is 21.1. The molecule has 1 heterocycles. The molecule has 7 nitrogen and oxygen atoms in total. The topological polar surface area (TPSA) is 95.9 Å². The molecule has 1 aliphatic heterocycles. The van der Waals surface area contributed by atoms with Gasteiger partial charge < -0.3 is 20.1 Å². The highest BCUT2D eigenvalue weighted by molar-refractivity contribution is 5.90. The van der Waals surface area contributed by atoms with E-state index < -0.39 is 35.2 Å². The molecule has 3 aliphatic rings. The van der Waals surface area contributed by atoms with E-state index in [-0.39, 0.29) is 16.7 Å². The van der Waals surface area contributed by atoms with Gasteiger partial charge in [0.25, 0.3) is 0 Å². The fourth-order valence-electron chi connectivity index (χ4n) is 5.10. The third-order valence-electron chi connectivity index (χ3n) is 6.76. The predicted molar refractivity (Wildman–Crippen MR) is 104 cm³/mol. The smallest absolute Gasteiger partial charge is 0.408 e. The molecular formula is C21H34N2O5. The average Bonchev–Trinajstić information content (AvgIpc) is 2.96. The third-order valence-corrected chi connectivity index (χ3v) is 6.76. The molecule has 0 radical (unpaired) electrons. The first-order valence-electron chi connectivity index (χ1n) is 10.2. The first-order valence-corrected chi connectivity index (χ1v) is 10.2. The lowest BCUT2D eigenvalue weighted by Gasteiger charge is -2.35. The van der Waals surface area contributed by atoms with Crippen LogP contribution in [0.2, 0.25) is 0 Å². The van der Waals surface area contributed by atoms with E-state index in [1.54, 1.807) is 20.8 Å². The standard InChI is InChI=1S/C21H34N2O5/c1-18(2,3)14(22-17(27)28-19(4,5)6)15(24)23-12-21(10-13(23)16(25)26)11-20(21)8-7-9-20/h13-14H,7-12H2,1-6H3,(H,22,27)(H,25,26)/t13-,14+,21?/m0/s1. The second kappa shape index (κ2) is 6.36. The van der Waals surface area contributed by atoms with Gasteiger partial charge >= 0.3 is 12.1 Å². The Morgan fingerprint density at radius 1 is 1.11 bits per heavy atom. The number of ether oxygens (including phenoxy) is 1. The molecule has 3 rings (SSSR count). The van der Waals surface area contributed by atoms with Crippen molar-refractivity contribution in [2.45, 2.75) is 91.3 Å². The normalized spacial score (nSPS) is 29.4. The Balaban J connectivity index is 1.79. The minimum atomic E-state index is -0.962. The van der Waals surface area contributed by atoms with Crippen LogP contribution in [0, 0.1) is 16.2 Å². The minimum Gasteiger partial charge on any atom is -0.480 e. The van der Waals surface area contributed by atoms with Crippen LogP contribution < -0.4 is 5.32 Å². The zero-order valence-corrected chi connectivity index (χ0v) is 17.9. The number of hydrogen-bond acceptors (Lipinski definition) is 4. The number of hydrogen-bond donors (Lipinski definition) is 2. The van der Waals surface area contributed by atoms with E-state index in [0.29, 0.717) is 13.0 Å². The largest absolute Gasteiger partial charge is 0.480 e. The highest BCUT2D eigenvalue weighted by atomic mass is 16.6. The maximum absolute atomic E-state index is 13.4. The Morgan fingerprint density at radius 3 is 2.11 bits per heavy atom. The Labute approximate surface area is 167 Å². The number of amides is 2. The molecule has 1 saturated heterocycles. The van der Waals surface area contributed by atoms with Crippen molar-refractivity contribution in [2.24, 2.45) is 16.2 Å². The van der Waals surface area contributed by atoms with Crippen LogP contribution in [-0.2, 0) is 14.3 Å². The van der Waals surface area contributed by atoms with Gasteiger partial charge in [-0.25, -0.2) is 9.59 Å². The second-order valence-electron chi connectivity index (χ2n) is 11.1. The van der Waals surface area contributed by atoms with Crippen LogP contribution in [0.4, 0.5) is 4.79 Å². The van der Waals surface area contributed by atoms with Crippen molar-refractivity contribution < 1.29 is 24.2 Å². The average molecular weight is 395 g/mol. The maximum Gasteiger partial charge on any atom is 0.408 e. The number of aliphatic carboxylic acids is 1. The monoisotopic (exact) mass is 394 g/mol. The summed E-state index contributed by atoms with van der Waals surface area (Å²) in [5, 5.41) is 12.5. The number of carboxylic acid groups (broad SMARTS) is 1. The van der Waals surface area contributed by atoms with Gasteiger partial charge in [0.15, 0.2) is 0 Å². The molecule has 7 heteroatoms. The van der Waals surface area contributed by atoms with Crippen LogP contribution >= 0.6 is 0 Å². The highest BCUT2D eigenvalue weighted by Gasteiger charge is 2.73. The first kappa shape index (κ1) is 20.9. The van der Waals surface area contributed by atoms with E-state index in [9.17, 15) is 19.5 Å². The molecular weight excluding hydrogens is 360 g/mol. The summed E-state index contributed by atoms with van der Waals surface area (Å²) < 4.78 is 5.33. The summed E-state index contributed by atoms with van der Waals surface area (Å²) in [4.78, 5) is 39.2. The van der Waals surface area contributed by atoms with Crippen LogP contribution in [0.25, 0.3) is 0 Å². The minimum absolute atomic E-state index is 0.0433. The number of nitrogens with one attached hydrogen (secondary N) is 1. The number of carbonyl (C=O) groups excluding carboxylic acids is 2. The fraction of sp³-hybridized carbons (Fsp3) is 0.857. The summed E-state index contributed by atoms with van der Waals surface area (Å²) >= 11 is 0. The van der Waals surface area contributed by atoms with Gasteiger partial charge in [-0.1, -0.05) is 27.2 Å². The molecule has 2 saturated carbocycles. The van der Waals surface area contributed by atoms with Crippen LogP contribution in [0.5, 0.6) is 0 Å². The number of carbonyl (C=O) groups is 3. The van der Waals surface area contributed by atoms with Crippen molar-refractivity contribution in [3.05, 3.63) is 0 Å².